The van der Waals surface area contributed by atoms with Crippen LogP contribution in [0.4, 0.5) is 0 Å². The van der Waals surface area contributed by atoms with Crippen LogP contribution in [0.3, 0.4) is 0 Å². The Morgan fingerprint density at radius 3 is 2.25 bits per heavy atom. The smallest absolute Gasteiger partial charge is 0.0338 e. The van der Waals surface area contributed by atoms with Gasteiger partial charge >= 0.3 is 0 Å². The molecule has 1 aliphatic carbocycles. The third-order valence-corrected chi connectivity index (χ3v) is 5.93. The molecule has 2 heteroatoms. The number of rotatable bonds is 5. The average molecular weight is 371 g/mol. The lowest BCUT2D eigenvalue weighted by molar-refractivity contribution is 0.268. The summed E-state index contributed by atoms with van der Waals surface area (Å²) < 4.78 is 0. The second-order valence-corrected chi connectivity index (χ2v) is 8.36. The van der Waals surface area contributed by atoms with Gasteiger partial charge in [-0.25, -0.2) is 0 Å². The highest BCUT2D eigenvalue weighted by molar-refractivity contribution is 5.63. The maximum atomic E-state index is 6.59. The number of hydrogen-bond donors (Lipinski definition) is 1. The molecule has 0 spiro atoms. The van der Waals surface area contributed by atoms with E-state index in [1.54, 1.807) is 0 Å². The van der Waals surface area contributed by atoms with E-state index < -0.39 is 0 Å². The number of aryl methyl sites for hydroxylation is 1. The molecule has 28 heavy (non-hydrogen) atoms. The molecule has 144 valence electrons. The van der Waals surface area contributed by atoms with Gasteiger partial charge in [0.2, 0.25) is 0 Å². The van der Waals surface area contributed by atoms with Crippen molar-refractivity contribution in [3.63, 3.8) is 0 Å². The van der Waals surface area contributed by atoms with E-state index in [0.717, 1.165) is 19.4 Å². The van der Waals surface area contributed by atoms with Crippen molar-refractivity contribution in [3.8, 4) is 11.1 Å². The minimum Gasteiger partial charge on any atom is -0.324 e. The first-order valence-electron chi connectivity index (χ1n) is 10.3. The van der Waals surface area contributed by atoms with Gasteiger partial charge in [-0.05, 0) is 72.7 Å². The number of fused-ring (bicyclic) bond motifs is 1. The summed E-state index contributed by atoms with van der Waals surface area (Å²) in [7, 11) is 4.27. The molecule has 0 saturated carbocycles. The molecule has 2 unspecified atom stereocenters. The third kappa shape index (κ3) is 4.19. The second kappa shape index (κ2) is 8.30. The van der Waals surface area contributed by atoms with E-state index in [-0.39, 0.29) is 6.04 Å². The van der Waals surface area contributed by atoms with Crippen molar-refractivity contribution in [2.24, 2.45) is 11.7 Å². The highest BCUT2D eigenvalue weighted by Crippen LogP contribution is 2.34. The predicted molar refractivity (Wildman–Crippen MR) is 118 cm³/mol. The monoisotopic (exact) mass is 370 g/mol. The Balaban J connectivity index is 1.48. The molecule has 0 radical (unpaired) electrons. The molecular weight excluding hydrogens is 340 g/mol. The van der Waals surface area contributed by atoms with Crippen LogP contribution in [0.5, 0.6) is 0 Å². The molecule has 2 nitrogen and oxygen atoms in total. The molecule has 4 rings (SSSR count). The van der Waals surface area contributed by atoms with Gasteiger partial charge in [0.1, 0.15) is 0 Å². The Morgan fingerprint density at radius 2 is 1.54 bits per heavy atom. The summed E-state index contributed by atoms with van der Waals surface area (Å²) in [6.45, 7) is 1.07. The molecule has 0 fully saturated rings. The first-order chi connectivity index (χ1) is 13.6. The number of nitrogens with zero attached hydrogens (tertiary/aromatic N) is 1. The predicted octanol–water partition coefficient (Wildman–Crippen LogP) is 5.07. The van der Waals surface area contributed by atoms with Crippen LogP contribution in [-0.4, -0.2) is 25.5 Å². The standard InChI is InChI=1S/C26H30N2/c1-28(2)18-24-14-13-23-17-20(10-15-25(23)26(24)27)16-19-8-11-22(12-9-19)21-6-4-3-5-7-21/h3-12,15,17,24,26H,13-14,16,18,27H2,1-2H3. The van der Waals surface area contributed by atoms with E-state index in [1.165, 1.54) is 39.8 Å². The topological polar surface area (TPSA) is 29.3 Å². The van der Waals surface area contributed by atoms with Crippen LogP contribution >= 0.6 is 0 Å². The Bertz CT molecular complexity index is 913. The highest BCUT2D eigenvalue weighted by Gasteiger charge is 2.27. The van der Waals surface area contributed by atoms with Crippen molar-refractivity contribution in [1.29, 1.82) is 0 Å². The van der Waals surface area contributed by atoms with E-state index in [1.807, 2.05) is 0 Å². The fourth-order valence-corrected chi connectivity index (χ4v) is 4.44. The van der Waals surface area contributed by atoms with Gasteiger partial charge in [0, 0.05) is 12.6 Å². The maximum Gasteiger partial charge on any atom is 0.0338 e. The Labute approximate surface area is 169 Å². The van der Waals surface area contributed by atoms with Gasteiger partial charge in [-0.1, -0.05) is 72.8 Å². The van der Waals surface area contributed by atoms with Crippen LogP contribution in [0, 0.1) is 5.92 Å². The van der Waals surface area contributed by atoms with Gasteiger partial charge in [-0.2, -0.15) is 0 Å². The van der Waals surface area contributed by atoms with Crippen molar-refractivity contribution < 1.29 is 0 Å². The molecule has 0 aliphatic heterocycles. The fourth-order valence-electron chi connectivity index (χ4n) is 4.44. The van der Waals surface area contributed by atoms with Crippen molar-refractivity contribution in [2.75, 3.05) is 20.6 Å². The molecule has 0 heterocycles. The van der Waals surface area contributed by atoms with Crippen molar-refractivity contribution in [2.45, 2.75) is 25.3 Å². The maximum absolute atomic E-state index is 6.59. The second-order valence-electron chi connectivity index (χ2n) is 8.36. The zero-order chi connectivity index (χ0) is 19.5. The molecular formula is C26H30N2. The number of benzene rings is 3. The van der Waals surface area contributed by atoms with Crippen molar-refractivity contribution >= 4 is 0 Å². The average Bonchev–Trinajstić information content (AvgIpc) is 2.71. The largest absolute Gasteiger partial charge is 0.324 e. The summed E-state index contributed by atoms with van der Waals surface area (Å²) in [5.74, 6) is 0.555. The summed E-state index contributed by atoms with van der Waals surface area (Å²) in [5.41, 5.74) is 14.7. The normalized spacial score (nSPS) is 18.9. The molecule has 3 aromatic carbocycles. The summed E-state index contributed by atoms with van der Waals surface area (Å²) in [5, 5.41) is 0. The summed E-state index contributed by atoms with van der Waals surface area (Å²) in [6, 6.07) is 26.6. The van der Waals surface area contributed by atoms with Gasteiger partial charge in [0.15, 0.2) is 0 Å². The first kappa shape index (κ1) is 18.9. The van der Waals surface area contributed by atoms with E-state index in [4.69, 9.17) is 5.73 Å². The van der Waals surface area contributed by atoms with Crippen LogP contribution in [0.1, 0.15) is 34.7 Å². The number of nitrogens with two attached hydrogens (primary N) is 1. The van der Waals surface area contributed by atoms with Gasteiger partial charge in [-0.3, -0.25) is 0 Å². The summed E-state index contributed by atoms with van der Waals surface area (Å²) in [4.78, 5) is 2.25. The molecule has 1 aliphatic rings. The van der Waals surface area contributed by atoms with Gasteiger partial charge in [-0.15, -0.1) is 0 Å². The minimum absolute atomic E-state index is 0.158. The highest BCUT2D eigenvalue weighted by atomic mass is 15.1. The lowest BCUT2D eigenvalue weighted by atomic mass is 9.79. The Kier molecular flexibility index (Phi) is 5.61. The minimum atomic E-state index is 0.158. The summed E-state index contributed by atoms with van der Waals surface area (Å²) in [6.07, 6.45) is 3.29. The van der Waals surface area contributed by atoms with Gasteiger partial charge in [0.05, 0.1) is 0 Å². The third-order valence-electron chi connectivity index (χ3n) is 5.93. The summed E-state index contributed by atoms with van der Waals surface area (Å²) >= 11 is 0. The van der Waals surface area contributed by atoms with Crippen LogP contribution < -0.4 is 5.73 Å². The lowest BCUT2D eigenvalue weighted by Gasteiger charge is -2.33. The van der Waals surface area contributed by atoms with Crippen LogP contribution in [0.2, 0.25) is 0 Å². The molecule has 2 atom stereocenters. The molecule has 3 aromatic rings. The van der Waals surface area contributed by atoms with Crippen molar-refractivity contribution in [1.82, 2.24) is 4.90 Å². The van der Waals surface area contributed by atoms with Gasteiger partial charge < -0.3 is 10.6 Å². The molecule has 0 amide bonds. The SMILES string of the molecule is CN(C)CC1CCc2cc(Cc3ccc(-c4ccccc4)cc3)ccc2C1N. The molecule has 0 aromatic heterocycles. The van der Waals surface area contributed by atoms with Crippen LogP contribution in [0.15, 0.2) is 72.8 Å². The van der Waals surface area contributed by atoms with E-state index >= 15 is 0 Å². The molecule has 2 N–H and O–H groups in total. The molecule has 0 bridgehead atoms. The Hall–Kier alpha value is -2.42. The van der Waals surface area contributed by atoms with Crippen LogP contribution in [0.25, 0.3) is 11.1 Å². The van der Waals surface area contributed by atoms with E-state index in [9.17, 15) is 0 Å². The zero-order valence-electron chi connectivity index (χ0n) is 16.9. The molecule has 0 saturated heterocycles. The van der Waals surface area contributed by atoms with E-state index in [2.05, 4.69) is 91.8 Å². The lowest BCUT2D eigenvalue weighted by Crippen LogP contribution is -2.34. The number of hydrogen-bond acceptors (Lipinski definition) is 2. The van der Waals surface area contributed by atoms with Crippen LogP contribution in [-0.2, 0) is 12.8 Å². The van der Waals surface area contributed by atoms with Gasteiger partial charge in [0.25, 0.3) is 0 Å². The fraction of sp³-hybridized carbons (Fsp3) is 0.308. The van der Waals surface area contributed by atoms with Crippen molar-refractivity contribution in [3.05, 3.63) is 95.1 Å². The first-order valence-corrected chi connectivity index (χ1v) is 10.3. The Morgan fingerprint density at radius 1 is 0.857 bits per heavy atom. The zero-order valence-corrected chi connectivity index (χ0v) is 16.9. The quantitative estimate of drug-likeness (QED) is 0.679. The van der Waals surface area contributed by atoms with E-state index in [0.29, 0.717) is 5.92 Å².